The fourth-order valence-corrected chi connectivity index (χ4v) is 1.69. The third-order valence-corrected chi connectivity index (χ3v) is 2.42. The van der Waals surface area contributed by atoms with Crippen LogP contribution in [0.2, 0.25) is 5.28 Å². The molecule has 0 atom stereocenters. The number of benzene rings is 1. The maximum absolute atomic E-state index is 5.68. The van der Waals surface area contributed by atoms with Gasteiger partial charge in [-0.15, -0.1) is 0 Å². The first-order chi connectivity index (χ1) is 8.70. The summed E-state index contributed by atoms with van der Waals surface area (Å²) >= 11 is 5.68. The number of nitrogens with one attached hydrogen (secondary N) is 1. The first-order valence-electron chi connectivity index (χ1n) is 5.04. The molecule has 0 spiro atoms. The lowest BCUT2D eigenvalue weighted by molar-refractivity contribution is 0.174. The van der Waals surface area contributed by atoms with Gasteiger partial charge < -0.3 is 20.5 Å². The highest BCUT2D eigenvalue weighted by Gasteiger charge is 2.13. The van der Waals surface area contributed by atoms with Crippen LogP contribution in [0, 0.1) is 0 Å². The number of fused-ring (bicyclic) bond motifs is 1. The van der Waals surface area contributed by atoms with Crippen LogP contribution in [-0.4, -0.2) is 21.7 Å². The Morgan fingerprint density at radius 3 is 2.83 bits per heavy atom. The van der Waals surface area contributed by atoms with E-state index in [1.165, 1.54) is 0 Å². The number of aromatic nitrogens is 3. The molecule has 0 bridgehead atoms. The Morgan fingerprint density at radius 2 is 2.00 bits per heavy atom. The molecule has 0 saturated heterocycles. The molecule has 0 radical (unpaired) electrons. The summed E-state index contributed by atoms with van der Waals surface area (Å²) in [6.45, 7) is 0.226. The Balaban J connectivity index is 1.88. The molecule has 92 valence electrons. The molecule has 1 aliphatic rings. The van der Waals surface area contributed by atoms with Crippen molar-refractivity contribution in [2.45, 2.75) is 0 Å². The molecule has 1 aliphatic heterocycles. The van der Waals surface area contributed by atoms with Gasteiger partial charge in [-0.3, -0.25) is 0 Å². The van der Waals surface area contributed by atoms with Gasteiger partial charge in [-0.1, -0.05) is 0 Å². The summed E-state index contributed by atoms with van der Waals surface area (Å²) in [5.41, 5.74) is 6.21. The molecule has 0 unspecified atom stereocenters. The minimum atomic E-state index is 0.0331. The number of nitrogen functional groups attached to an aromatic ring is 1. The van der Waals surface area contributed by atoms with E-state index >= 15 is 0 Å². The summed E-state index contributed by atoms with van der Waals surface area (Å²) in [6.07, 6.45) is 0. The first kappa shape index (κ1) is 10.8. The van der Waals surface area contributed by atoms with Gasteiger partial charge in [-0.25, -0.2) is 0 Å². The molecular weight excluding hydrogens is 258 g/mol. The molecule has 18 heavy (non-hydrogen) atoms. The van der Waals surface area contributed by atoms with E-state index in [-0.39, 0.29) is 24.0 Å². The quantitative estimate of drug-likeness (QED) is 0.851. The van der Waals surface area contributed by atoms with E-state index in [0.29, 0.717) is 11.5 Å². The average Bonchev–Trinajstić information content (AvgIpc) is 2.74. The molecule has 0 aliphatic carbocycles. The van der Waals surface area contributed by atoms with Crippen molar-refractivity contribution in [3.63, 3.8) is 0 Å². The predicted molar refractivity (Wildman–Crippen MR) is 65.1 cm³/mol. The van der Waals surface area contributed by atoms with Crippen LogP contribution in [0.25, 0.3) is 0 Å². The van der Waals surface area contributed by atoms with Gasteiger partial charge in [0.1, 0.15) is 0 Å². The molecule has 0 amide bonds. The Morgan fingerprint density at radius 1 is 1.17 bits per heavy atom. The Labute approximate surface area is 107 Å². The molecule has 2 heterocycles. The monoisotopic (exact) mass is 265 g/mol. The molecule has 1 aromatic heterocycles. The molecule has 0 fully saturated rings. The zero-order chi connectivity index (χ0) is 12.5. The van der Waals surface area contributed by atoms with Crippen LogP contribution in [-0.2, 0) is 0 Å². The molecule has 3 rings (SSSR count). The molecule has 0 saturated carbocycles. The van der Waals surface area contributed by atoms with Crippen LogP contribution < -0.4 is 20.5 Å². The second-order valence-corrected chi connectivity index (χ2v) is 3.82. The number of hydrogen-bond donors (Lipinski definition) is 2. The molecule has 3 N–H and O–H groups in total. The van der Waals surface area contributed by atoms with Gasteiger partial charge in [-0.2, -0.15) is 15.0 Å². The van der Waals surface area contributed by atoms with Gasteiger partial charge in [0.15, 0.2) is 11.5 Å². The number of rotatable bonds is 2. The van der Waals surface area contributed by atoms with Crippen LogP contribution in [0.5, 0.6) is 11.5 Å². The highest BCUT2D eigenvalue weighted by Crippen LogP contribution is 2.34. The number of halogens is 1. The summed E-state index contributed by atoms with van der Waals surface area (Å²) in [5.74, 6) is 1.69. The minimum Gasteiger partial charge on any atom is -0.454 e. The zero-order valence-corrected chi connectivity index (χ0v) is 9.81. The standard InChI is InChI=1S/C10H8ClN5O2/c11-8-14-9(12)16-10(15-8)13-5-1-2-6-7(3-5)18-4-17-6/h1-3H,4H2,(H3,12,13,14,15,16). The number of ether oxygens (including phenoxy) is 2. The van der Waals surface area contributed by atoms with Crippen molar-refractivity contribution in [2.75, 3.05) is 17.8 Å². The smallest absolute Gasteiger partial charge is 0.233 e. The number of nitrogens with zero attached hydrogens (tertiary/aromatic N) is 3. The molecular formula is C10H8ClN5O2. The molecule has 8 heteroatoms. The normalized spacial score (nSPS) is 12.5. The van der Waals surface area contributed by atoms with Crippen LogP contribution in [0.4, 0.5) is 17.6 Å². The number of nitrogens with two attached hydrogens (primary N) is 1. The van der Waals surface area contributed by atoms with E-state index in [0.717, 1.165) is 5.69 Å². The van der Waals surface area contributed by atoms with Crippen molar-refractivity contribution in [3.05, 3.63) is 23.5 Å². The third-order valence-electron chi connectivity index (χ3n) is 2.25. The van der Waals surface area contributed by atoms with Crippen molar-refractivity contribution in [3.8, 4) is 11.5 Å². The van der Waals surface area contributed by atoms with Crippen LogP contribution >= 0.6 is 11.6 Å². The van der Waals surface area contributed by atoms with Gasteiger partial charge in [0.2, 0.25) is 24.0 Å². The second kappa shape index (κ2) is 4.19. The van der Waals surface area contributed by atoms with Crippen LogP contribution in [0.1, 0.15) is 0 Å². The maximum Gasteiger partial charge on any atom is 0.233 e. The number of hydrogen-bond acceptors (Lipinski definition) is 7. The van der Waals surface area contributed by atoms with E-state index in [1.54, 1.807) is 18.2 Å². The van der Waals surface area contributed by atoms with E-state index < -0.39 is 0 Å². The van der Waals surface area contributed by atoms with Crippen LogP contribution in [0.3, 0.4) is 0 Å². The van der Waals surface area contributed by atoms with Crippen molar-refractivity contribution >= 4 is 29.2 Å². The summed E-state index contributed by atoms with van der Waals surface area (Å²) in [4.78, 5) is 11.5. The Hall–Kier alpha value is -2.28. The average molecular weight is 266 g/mol. The lowest BCUT2D eigenvalue weighted by Crippen LogP contribution is -2.03. The highest BCUT2D eigenvalue weighted by molar-refractivity contribution is 6.28. The van der Waals surface area contributed by atoms with Gasteiger partial charge in [0, 0.05) is 11.8 Å². The molecule has 7 nitrogen and oxygen atoms in total. The third kappa shape index (κ3) is 2.07. The van der Waals surface area contributed by atoms with Crippen molar-refractivity contribution in [1.82, 2.24) is 15.0 Å². The minimum absolute atomic E-state index is 0.0331. The van der Waals surface area contributed by atoms with Gasteiger partial charge in [0.25, 0.3) is 0 Å². The summed E-state index contributed by atoms with van der Waals surface area (Å²) < 4.78 is 10.5. The van der Waals surface area contributed by atoms with Gasteiger partial charge in [-0.05, 0) is 23.7 Å². The lowest BCUT2D eigenvalue weighted by atomic mass is 10.3. The van der Waals surface area contributed by atoms with Crippen molar-refractivity contribution in [2.24, 2.45) is 0 Å². The van der Waals surface area contributed by atoms with E-state index in [1.807, 2.05) is 0 Å². The summed E-state index contributed by atoms with van der Waals surface area (Å²) in [7, 11) is 0. The van der Waals surface area contributed by atoms with Crippen molar-refractivity contribution < 1.29 is 9.47 Å². The Bertz CT molecular complexity index is 587. The van der Waals surface area contributed by atoms with Crippen LogP contribution in [0.15, 0.2) is 18.2 Å². The second-order valence-electron chi connectivity index (χ2n) is 3.48. The van der Waals surface area contributed by atoms with Gasteiger partial charge in [0.05, 0.1) is 0 Å². The SMILES string of the molecule is Nc1nc(Cl)nc(Nc2ccc3c(c2)OCO3)n1. The largest absolute Gasteiger partial charge is 0.454 e. The van der Waals surface area contributed by atoms with Gasteiger partial charge >= 0.3 is 0 Å². The van der Waals surface area contributed by atoms with E-state index in [4.69, 9.17) is 26.8 Å². The van der Waals surface area contributed by atoms with E-state index in [9.17, 15) is 0 Å². The summed E-state index contributed by atoms with van der Waals surface area (Å²) in [6, 6.07) is 5.37. The number of anilines is 3. The fourth-order valence-electron chi connectivity index (χ4n) is 1.52. The first-order valence-corrected chi connectivity index (χ1v) is 5.42. The van der Waals surface area contributed by atoms with Crippen molar-refractivity contribution in [1.29, 1.82) is 0 Å². The maximum atomic E-state index is 5.68. The highest BCUT2D eigenvalue weighted by atomic mass is 35.5. The Kier molecular flexibility index (Phi) is 2.52. The lowest BCUT2D eigenvalue weighted by Gasteiger charge is -2.06. The molecule has 2 aromatic rings. The summed E-state index contributed by atoms with van der Waals surface area (Å²) in [5, 5.41) is 2.99. The predicted octanol–water partition coefficient (Wildman–Crippen LogP) is 1.58. The topological polar surface area (TPSA) is 95.2 Å². The molecule has 1 aromatic carbocycles. The van der Waals surface area contributed by atoms with E-state index in [2.05, 4.69) is 20.3 Å². The zero-order valence-electron chi connectivity index (χ0n) is 9.05. The fraction of sp³-hybridized carbons (Fsp3) is 0.100.